The molecule has 0 bridgehead atoms. The predicted molar refractivity (Wildman–Crippen MR) is 86.6 cm³/mol. The third-order valence-electron chi connectivity index (χ3n) is 3.91. The summed E-state index contributed by atoms with van der Waals surface area (Å²) in [5, 5.41) is 1.000. The van der Waals surface area contributed by atoms with Crippen LogP contribution in [0, 0.1) is 0 Å². The van der Waals surface area contributed by atoms with Crippen LogP contribution in [-0.4, -0.2) is 53.8 Å². The molecule has 1 aliphatic rings. The number of aryl methyl sites for hydroxylation is 1. The van der Waals surface area contributed by atoms with E-state index in [1.165, 1.54) is 0 Å². The Balaban J connectivity index is 2.05. The van der Waals surface area contributed by atoms with Crippen molar-refractivity contribution in [2.45, 2.75) is 19.8 Å². The minimum Gasteiger partial charge on any atom is -0.337 e. The SMILES string of the molecule is CCc1ccccc1C(=O)N1CCCN(CCBr)CC1. The lowest BCUT2D eigenvalue weighted by atomic mass is 10.0. The van der Waals surface area contributed by atoms with Crippen LogP contribution in [-0.2, 0) is 6.42 Å². The van der Waals surface area contributed by atoms with Crippen LogP contribution in [0.2, 0.25) is 0 Å². The maximum atomic E-state index is 12.7. The minimum atomic E-state index is 0.197. The molecule has 0 saturated carbocycles. The summed E-state index contributed by atoms with van der Waals surface area (Å²) >= 11 is 3.49. The summed E-state index contributed by atoms with van der Waals surface area (Å²) in [6.07, 6.45) is 1.97. The Morgan fingerprint density at radius 3 is 2.75 bits per heavy atom. The molecule has 1 heterocycles. The van der Waals surface area contributed by atoms with E-state index in [0.717, 1.165) is 62.0 Å². The highest BCUT2D eigenvalue weighted by Crippen LogP contribution is 2.14. The summed E-state index contributed by atoms with van der Waals surface area (Å²) < 4.78 is 0. The van der Waals surface area contributed by atoms with Crippen molar-refractivity contribution in [2.24, 2.45) is 0 Å². The van der Waals surface area contributed by atoms with E-state index in [0.29, 0.717) is 0 Å². The van der Waals surface area contributed by atoms with Crippen molar-refractivity contribution in [3.05, 3.63) is 35.4 Å². The Labute approximate surface area is 130 Å². The summed E-state index contributed by atoms with van der Waals surface area (Å²) in [5.74, 6) is 0.197. The van der Waals surface area contributed by atoms with Crippen molar-refractivity contribution in [1.29, 1.82) is 0 Å². The molecule has 1 fully saturated rings. The maximum Gasteiger partial charge on any atom is 0.254 e. The van der Waals surface area contributed by atoms with Gasteiger partial charge in [-0.05, 0) is 31.0 Å². The van der Waals surface area contributed by atoms with Crippen molar-refractivity contribution >= 4 is 21.8 Å². The molecule has 1 saturated heterocycles. The predicted octanol–water partition coefficient (Wildman–Crippen LogP) is 2.79. The zero-order chi connectivity index (χ0) is 14.4. The highest BCUT2D eigenvalue weighted by molar-refractivity contribution is 9.09. The molecule has 0 aliphatic carbocycles. The molecular formula is C16H23BrN2O. The van der Waals surface area contributed by atoms with Gasteiger partial charge in [0.25, 0.3) is 5.91 Å². The van der Waals surface area contributed by atoms with Crippen LogP contribution in [0.3, 0.4) is 0 Å². The van der Waals surface area contributed by atoms with Crippen molar-refractivity contribution in [3.8, 4) is 0 Å². The molecule has 4 heteroatoms. The third kappa shape index (κ3) is 3.83. The first-order valence-electron chi connectivity index (χ1n) is 7.41. The first-order valence-corrected chi connectivity index (χ1v) is 8.54. The molecule has 20 heavy (non-hydrogen) atoms. The molecule has 0 aromatic heterocycles. The second-order valence-electron chi connectivity index (χ2n) is 5.19. The zero-order valence-electron chi connectivity index (χ0n) is 12.1. The van der Waals surface area contributed by atoms with Crippen LogP contribution in [0.15, 0.2) is 24.3 Å². The van der Waals surface area contributed by atoms with E-state index in [-0.39, 0.29) is 5.91 Å². The van der Waals surface area contributed by atoms with E-state index >= 15 is 0 Å². The van der Waals surface area contributed by atoms with E-state index in [1.54, 1.807) is 0 Å². The molecule has 1 aromatic carbocycles. The maximum absolute atomic E-state index is 12.7. The Hall–Kier alpha value is -0.870. The monoisotopic (exact) mass is 338 g/mol. The number of nitrogens with zero attached hydrogens (tertiary/aromatic N) is 2. The van der Waals surface area contributed by atoms with Gasteiger partial charge in [0.15, 0.2) is 0 Å². The number of hydrogen-bond donors (Lipinski definition) is 0. The van der Waals surface area contributed by atoms with Crippen LogP contribution < -0.4 is 0 Å². The average Bonchev–Trinajstić information content (AvgIpc) is 2.72. The molecule has 0 N–H and O–H groups in total. The number of alkyl halides is 1. The lowest BCUT2D eigenvalue weighted by molar-refractivity contribution is 0.0761. The highest BCUT2D eigenvalue weighted by Gasteiger charge is 2.21. The lowest BCUT2D eigenvalue weighted by Gasteiger charge is -2.22. The molecule has 3 nitrogen and oxygen atoms in total. The molecule has 0 atom stereocenters. The van der Waals surface area contributed by atoms with Crippen molar-refractivity contribution in [2.75, 3.05) is 38.1 Å². The quantitative estimate of drug-likeness (QED) is 0.788. The van der Waals surface area contributed by atoms with Gasteiger partial charge in [0, 0.05) is 37.1 Å². The largest absolute Gasteiger partial charge is 0.337 e. The van der Waals surface area contributed by atoms with Crippen LogP contribution in [0.4, 0.5) is 0 Å². The minimum absolute atomic E-state index is 0.197. The van der Waals surface area contributed by atoms with Crippen molar-refractivity contribution < 1.29 is 4.79 Å². The Morgan fingerprint density at radius 2 is 2.00 bits per heavy atom. The standard InChI is InChI=1S/C16H23BrN2O/c1-2-14-6-3-4-7-15(14)16(20)19-10-5-9-18(11-8-17)12-13-19/h3-4,6-7H,2,5,8-13H2,1H3. The van der Waals surface area contributed by atoms with E-state index in [9.17, 15) is 4.79 Å². The fourth-order valence-electron chi connectivity index (χ4n) is 2.72. The summed E-state index contributed by atoms with van der Waals surface area (Å²) in [6, 6.07) is 7.99. The van der Waals surface area contributed by atoms with Gasteiger partial charge in [-0.2, -0.15) is 0 Å². The zero-order valence-corrected chi connectivity index (χ0v) is 13.7. The highest BCUT2D eigenvalue weighted by atomic mass is 79.9. The number of hydrogen-bond acceptors (Lipinski definition) is 2. The molecule has 1 aromatic rings. The molecular weight excluding hydrogens is 316 g/mol. The van der Waals surface area contributed by atoms with Gasteiger partial charge in [-0.1, -0.05) is 41.1 Å². The van der Waals surface area contributed by atoms with Crippen LogP contribution in [0.25, 0.3) is 0 Å². The Kier molecular flexibility index (Phi) is 6.05. The van der Waals surface area contributed by atoms with E-state index in [2.05, 4.69) is 33.8 Å². The van der Waals surface area contributed by atoms with Crippen LogP contribution in [0.1, 0.15) is 29.3 Å². The van der Waals surface area contributed by atoms with Gasteiger partial charge in [-0.15, -0.1) is 0 Å². The van der Waals surface area contributed by atoms with E-state index < -0.39 is 0 Å². The van der Waals surface area contributed by atoms with E-state index in [1.807, 2.05) is 23.1 Å². The lowest BCUT2D eigenvalue weighted by Crippen LogP contribution is -2.36. The summed E-state index contributed by atoms with van der Waals surface area (Å²) in [6.45, 7) is 6.94. The fraction of sp³-hybridized carbons (Fsp3) is 0.562. The van der Waals surface area contributed by atoms with Crippen molar-refractivity contribution in [3.63, 3.8) is 0 Å². The third-order valence-corrected chi connectivity index (χ3v) is 4.26. The number of halogens is 1. The summed E-state index contributed by atoms with van der Waals surface area (Å²) in [5.41, 5.74) is 2.03. The number of carbonyl (C=O) groups is 1. The Morgan fingerprint density at radius 1 is 1.20 bits per heavy atom. The Bertz CT molecular complexity index is 450. The number of amides is 1. The molecule has 1 aliphatic heterocycles. The number of carbonyl (C=O) groups excluding carboxylic acids is 1. The molecule has 0 unspecified atom stereocenters. The van der Waals surface area contributed by atoms with Crippen LogP contribution in [0.5, 0.6) is 0 Å². The van der Waals surface area contributed by atoms with E-state index in [4.69, 9.17) is 0 Å². The summed E-state index contributed by atoms with van der Waals surface area (Å²) in [4.78, 5) is 17.1. The number of benzene rings is 1. The van der Waals surface area contributed by atoms with Crippen molar-refractivity contribution in [1.82, 2.24) is 9.80 Å². The van der Waals surface area contributed by atoms with Gasteiger partial charge < -0.3 is 9.80 Å². The molecule has 0 radical (unpaired) electrons. The van der Waals surface area contributed by atoms with Gasteiger partial charge in [-0.3, -0.25) is 4.79 Å². The van der Waals surface area contributed by atoms with Crippen LogP contribution >= 0.6 is 15.9 Å². The molecule has 110 valence electrons. The normalized spacial score (nSPS) is 17.0. The topological polar surface area (TPSA) is 23.6 Å². The van der Waals surface area contributed by atoms with Gasteiger partial charge in [0.2, 0.25) is 0 Å². The average molecular weight is 339 g/mol. The first-order chi connectivity index (χ1) is 9.76. The second kappa shape index (κ2) is 7.79. The summed E-state index contributed by atoms with van der Waals surface area (Å²) in [7, 11) is 0. The van der Waals surface area contributed by atoms with Gasteiger partial charge >= 0.3 is 0 Å². The molecule has 1 amide bonds. The molecule has 0 spiro atoms. The smallest absolute Gasteiger partial charge is 0.254 e. The van der Waals surface area contributed by atoms with Gasteiger partial charge in [0.1, 0.15) is 0 Å². The first kappa shape index (κ1) is 15.5. The number of rotatable bonds is 4. The van der Waals surface area contributed by atoms with Gasteiger partial charge in [0.05, 0.1) is 0 Å². The van der Waals surface area contributed by atoms with Gasteiger partial charge in [-0.25, -0.2) is 0 Å². The molecule has 2 rings (SSSR count). The fourth-order valence-corrected chi connectivity index (χ4v) is 3.23. The second-order valence-corrected chi connectivity index (χ2v) is 5.98.